The van der Waals surface area contributed by atoms with Crippen molar-refractivity contribution in [3.8, 4) is 11.5 Å². The van der Waals surface area contributed by atoms with Crippen LogP contribution in [0.15, 0.2) is 24.3 Å². The van der Waals surface area contributed by atoms with Gasteiger partial charge in [0.15, 0.2) is 6.61 Å². The zero-order valence-electron chi connectivity index (χ0n) is 16.6. The van der Waals surface area contributed by atoms with Crippen molar-refractivity contribution in [1.29, 1.82) is 0 Å². The molecule has 5 heteroatoms. The van der Waals surface area contributed by atoms with Crippen LogP contribution in [0.5, 0.6) is 11.5 Å². The van der Waals surface area contributed by atoms with Gasteiger partial charge in [-0.1, -0.05) is 26.8 Å². The number of nitrogens with one attached hydrogen (secondary N) is 1. The fraction of sp³-hybridized carbons (Fsp3) is 0.409. The molecule has 1 amide bonds. The van der Waals surface area contributed by atoms with Crippen molar-refractivity contribution in [2.75, 3.05) is 13.7 Å². The van der Waals surface area contributed by atoms with E-state index in [1.165, 1.54) is 0 Å². The average Bonchev–Trinajstić information content (AvgIpc) is 2.62. The summed E-state index contributed by atoms with van der Waals surface area (Å²) >= 11 is 0. The minimum absolute atomic E-state index is 0.00312. The van der Waals surface area contributed by atoms with Gasteiger partial charge in [-0.05, 0) is 59.7 Å². The van der Waals surface area contributed by atoms with Gasteiger partial charge in [-0.25, -0.2) is 4.39 Å². The first-order valence-electron chi connectivity index (χ1n) is 9.24. The number of carbonyl (C=O) groups is 1. The van der Waals surface area contributed by atoms with Crippen LogP contribution in [-0.2, 0) is 17.6 Å². The molecule has 0 fully saturated rings. The topological polar surface area (TPSA) is 58.6 Å². The van der Waals surface area contributed by atoms with Gasteiger partial charge in [0.05, 0.1) is 0 Å². The summed E-state index contributed by atoms with van der Waals surface area (Å²) in [5.41, 5.74) is 4.01. The van der Waals surface area contributed by atoms with E-state index < -0.39 is 0 Å². The normalized spacial score (nSPS) is 10.9. The molecular weight excluding hydrogens is 345 g/mol. The summed E-state index contributed by atoms with van der Waals surface area (Å²) in [6.45, 7) is 7.69. The van der Waals surface area contributed by atoms with Crippen LogP contribution >= 0.6 is 0 Å². The number of amides is 1. The van der Waals surface area contributed by atoms with E-state index in [2.05, 4.69) is 5.32 Å². The van der Waals surface area contributed by atoms with Gasteiger partial charge in [-0.15, -0.1) is 0 Å². The van der Waals surface area contributed by atoms with Crippen LogP contribution in [-0.4, -0.2) is 24.7 Å². The van der Waals surface area contributed by atoms with E-state index >= 15 is 0 Å². The van der Waals surface area contributed by atoms with Crippen molar-refractivity contribution in [2.45, 2.75) is 46.5 Å². The van der Waals surface area contributed by atoms with Crippen molar-refractivity contribution in [3.63, 3.8) is 0 Å². The highest BCUT2D eigenvalue weighted by Gasteiger charge is 2.18. The zero-order chi connectivity index (χ0) is 20.1. The maximum absolute atomic E-state index is 14.9. The summed E-state index contributed by atoms with van der Waals surface area (Å²) in [5, 5.41) is 12.5. The van der Waals surface area contributed by atoms with E-state index in [9.17, 15) is 14.3 Å². The van der Waals surface area contributed by atoms with Gasteiger partial charge in [-0.2, -0.15) is 0 Å². The Balaban J connectivity index is 2.37. The van der Waals surface area contributed by atoms with Crippen molar-refractivity contribution < 1.29 is 19.0 Å². The molecule has 2 rings (SSSR count). The second-order valence-corrected chi connectivity index (χ2v) is 7.00. The van der Waals surface area contributed by atoms with E-state index in [0.29, 0.717) is 23.3 Å². The minimum Gasteiger partial charge on any atom is -0.508 e. The Morgan fingerprint density at radius 3 is 2.56 bits per heavy atom. The summed E-state index contributed by atoms with van der Waals surface area (Å²) in [6, 6.07) is 6.99. The third-order valence-electron chi connectivity index (χ3n) is 4.75. The number of likely N-dealkylation sites (N-methyl/N-ethyl adjacent to an activating group) is 1. The Morgan fingerprint density at radius 1 is 1.26 bits per heavy atom. The number of halogens is 1. The van der Waals surface area contributed by atoms with E-state index in [1.807, 2.05) is 39.8 Å². The summed E-state index contributed by atoms with van der Waals surface area (Å²) in [7, 11) is 1.56. The Hall–Kier alpha value is -2.56. The lowest BCUT2D eigenvalue weighted by Crippen LogP contribution is -2.24. The highest BCUT2D eigenvalue weighted by Crippen LogP contribution is 2.32. The number of aromatic hydroxyl groups is 1. The summed E-state index contributed by atoms with van der Waals surface area (Å²) in [4.78, 5) is 11.4. The van der Waals surface area contributed by atoms with Crippen LogP contribution in [0, 0.1) is 12.7 Å². The Labute approximate surface area is 160 Å². The molecule has 0 unspecified atom stereocenters. The van der Waals surface area contributed by atoms with Crippen LogP contribution in [0.1, 0.15) is 54.5 Å². The molecule has 0 aliphatic carbocycles. The Kier molecular flexibility index (Phi) is 6.83. The number of phenols is 1. The Morgan fingerprint density at radius 2 is 1.96 bits per heavy atom. The lowest BCUT2D eigenvalue weighted by molar-refractivity contribution is -0.122. The lowest BCUT2D eigenvalue weighted by atomic mass is 9.91. The first kappa shape index (κ1) is 20.7. The van der Waals surface area contributed by atoms with Gasteiger partial charge in [0, 0.05) is 19.0 Å². The maximum atomic E-state index is 14.9. The standard InChI is InChI=1S/C22H28FNO3/c1-6-15-10-17(27-12-20(26)24-5)9-14(4)18(15)11-16-7-8-19(25)21(13(2)3)22(16)23/h7-10,13,25H,6,11-12H2,1-5H3,(H,24,26). The largest absolute Gasteiger partial charge is 0.508 e. The molecule has 0 bridgehead atoms. The van der Waals surface area contributed by atoms with E-state index in [1.54, 1.807) is 19.2 Å². The number of aryl methyl sites for hydroxylation is 2. The number of hydrogen-bond donors (Lipinski definition) is 2. The smallest absolute Gasteiger partial charge is 0.257 e. The van der Waals surface area contributed by atoms with Crippen molar-refractivity contribution in [2.24, 2.45) is 0 Å². The number of benzene rings is 2. The second kappa shape index (κ2) is 8.89. The lowest BCUT2D eigenvalue weighted by Gasteiger charge is -2.17. The average molecular weight is 373 g/mol. The number of phenolic OH excluding ortho intramolecular Hbond substituents is 1. The minimum atomic E-state index is -0.341. The van der Waals surface area contributed by atoms with Crippen LogP contribution in [0.2, 0.25) is 0 Å². The van der Waals surface area contributed by atoms with Crippen LogP contribution < -0.4 is 10.1 Å². The molecule has 2 aromatic rings. The highest BCUT2D eigenvalue weighted by molar-refractivity contribution is 5.77. The molecule has 2 aromatic carbocycles. The molecule has 0 aliphatic heterocycles. The molecule has 27 heavy (non-hydrogen) atoms. The molecule has 0 radical (unpaired) electrons. The first-order valence-corrected chi connectivity index (χ1v) is 9.24. The first-order chi connectivity index (χ1) is 12.8. The number of carbonyl (C=O) groups excluding carboxylic acids is 1. The molecule has 0 heterocycles. The molecule has 146 valence electrons. The third-order valence-corrected chi connectivity index (χ3v) is 4.75. The van der Waals surface area contributed by atoms with Crippen molar-refractivity contribution in [1.82, 2.24) is 5.32 Å². The molecular formula is C22H28FNO3. The predicted molar refractivity (Wildman–Crippen MR) is 105 cm³/mol. The molecule has 0 saturated carbocycles. The van der Waals surface area contributed by atoms with Gasteiger partial charge < -0.3 is 15.2 Å². The van der Waals surface area contributed by atoms with E-state index in [4.69, 9.17) is 4.74 Å². The molecule has 0 aromatic heterocycles. The van der Waals surface area contributed by atoms with Crippen molar-refractivity contribution in [3.05, 3.63) is 57.9 Å². The monoisotopic (exact) mass is 373 g/mol. The van der Waals surface area contributed by atoms with Gasteiger partial charge in [0.25, 0.3) is 5.91 Å². The fourth-order valence-corrected chi connectivity index (χ4v) is 3.23. The number of ether oxygens (including phenoxy) is 1. The Bertz CT molecular complexity index is 831. The zero-order valence-corrected chi connectivity index (χ0v) is 16.6. The van der Waals surface area contributed by atoms with Gasteiger partial charge in [0.1, 0.15) is 17.3 Å². The van der Waals surface area contributed by atoms with Gasteiger partial charge in [0.2, 0.25) is 0 Å². The van der Waals surface area contributed by atoms with Crippen LogP contribution in [0.4, 0.5) is 4.39 Å². The predicted octanol–water partition coefficient (Wildman–Crippen LogP) is 4.24. The molecule has 0 aliphatic rings. The van der Waals surface area contributed by atoms with Crippen LogP contribution in [0.3, 0.4) is 0 Å². The number of hydrogen-bond acceptors (Lipinski definition) is 3. The van der Waals surface area contributed by atoms with Crippen LogP contribution in [0.25, 0.3) is 0 Å². The summed E-state index contributed by atoms with van der Waals surface area (Å²) in [5.74, 6) is -0.00637. The molecule has 0 spiro atoms. The fourth-order valence-electron chi connectivity index (χ4n) is 3.23. The molecule has 4 nitrogen and oxygen atoms in total. The maximum Gasteiger partial charge on any atom is 0.257 e. The van der Waals surface area contributed by atoms with Gasteiger partial charge in [-0.3, -0.25) is 4.79 Å². The molecule has 2 N–H and O–H groups in total. The van der Waals surface area contributed by atoms with E-state index in [0.717, 1.165) is 23.1 Å². The van der Waals surface area contributed by atoms with Gasteiger partial charge >= 0.3 is 0 Å². The molecule has 0 atom stereocenters. The van der Waals surface area contributed by atoms with Crippen molar-refractivity contribution >= 4 is 5.91 Å². The quantitative estimate of drug-likeness (QED) is 0.763. The third kappa shape index (κ3) is 4.79. The van der Waals surface area contributed by atoms with E-state index in [-0.39, 0.29) is 30.0 Å². The summed E-state index contributed by atoms with van der Waals surface area (Å²) < 4.78 is 20.5. The number of rotatable bonds is 7. The highest BCUT2D eigenvalue weighted by atomic mass is 19.1. The SMILES string of the molecule is CCc1cc(OCC(=O)NC)cc(C)c1Cc1ccc(O)c(C(C)C)c1F. The summed E-state index contributed by atoms with van der Waals surface area (Å²) in [6.07, 6.45) is 1.21. The second-order valence-electron chi connectivity index (χ2n) is 7.00. The molecule has 0 saturated heterocycles.